The Morgan fingerprint density at radius 2 is 2.38 bits per heavy atom. The minimum atomic E-state index is -0.404. The zero-order valence-corrected chi connectivity index (χ0v) is 12.3. The number of nitrogens with zero attached hydrogens (tertiary/aromatic N) is 1. The second-order valence-corrected chi connectivity index (χ2v) is 5.22. The molecule has 1 aromatic carbocycles. The lowest BCUT2D eigenvalue weighted by atomic mass is 10.1. The molecule has 1 heterocycles. The number of rotatable bonds is 8. The fourth-order valence-corrected chi connectivity index (χ4v) is 2.50. The third-order valence-electron chi connectivity index (χ3n) is 3.55. The number of benzene rings is 1. The molecule has 0 bridgehead atoms. The maximum absolute atomic E-state index is 11.0. The summed E-state index contributed by atoms with van der Waals surface area (Å²) < 4.78 is 11.2. The molecule has 1 aliphatic rings. The molecule has 1 saturated heterocycles. The first-order valence-corrected chi connectivity index (χ1v) is 7.37. The second-order valence-electron chi connectivity index (χ2n) is 5.22. The molecule has 0 amide bonds. The van der Waals surface area contributed by atoms with E-state index in [1.807, 2.05) is 7.05 Å². The summed E-state index contributed by atoms with van der Waals surface area (Å²) >= 11 is 0. The quantitative estimate of drug-likeness (QED) is 0.453. The van der Waals surface area contributed by atoms with Crippen LogP contribution in [0.15, 0.2) is 18.2 Å². The number of hydrogen-bond donors (Lipinski definition) is 1. The Morgan fingerprint density at radius 1 is 1.52 bits per heavy atom. The van der Waals surface area contributed by atoms with E-state index in [0.717, 1.165) is 37.9 Å². The average molecular weight is 294 g/mol. The minimum absolute atomic E-state index is 0.0203. The van der Waals surface area contributed by atoms with Gasteiger partial charge in [0.2, 0.25) is 0 Å². The van der Waals surface area contributed by atoms with Crippen molar-refractivity contribution in [3.05, 3.63) is 33.9 Å². The molecule has 1 fully saturated rings. The molecule has 1 aromatic rings. The van der Waals surface area contributed by atoms with Crippen molar-refractivity contribution in [2.24, 2.45) is 0 Å². The van der Waals surface area contributed by atoms with Gasteiger partial charge >= 0.3 is 5.69 Å². The van der Waals surface area contributed by atoms with E-state index in [-0.39, 0.29) is 5.69 Å². The van der Waals surface area contributed by atoms with Gasteiger partial charge in [0.15, 0.2) is 5.75 Å². The molecule has 1 aliphatic heterocycles. The van der Waals surface area contributed by atoms with Crippen LogP contribution in [0.25, 0.3) is 0 Å². The van der Waals surface area contributed by atoms with Crippen molar-refractivity contribution in [1.82, 2.24) is 5.32 Å². The Hall–Kier alpha value is -1.66. The molecule has 1 N–H and O–H groups in total. The minimum Gasteiger partial charge on any atom is -0.487 e. The molecular formula is C15H22N2O4. The number of hydrogen-bond acceptors (Lipinski definition) is 5. The SMILES string of the molecule is CNCc1ccc([N+](=O)[O-])c(OCCCC2CCCO2)c1. The van der Waals surface area contributed by atoms with Crippen LogP contribution >= 0.6 is 0 Å². The van der Waals surface area contributed by atoms with E-state index < -0.39 is 4.92 Å². The largest absolute Gasteiger partial charge is 0.487 e. The third kappa shape index (κ3) is 4.68. The number of nitro groups is 1. The van der Waals surface area contributed by atoms with Gasteiger partial charge in [0, 0.05) is 19.2 Å². The Balaban J connectivity index is 1.89. The van der Waals surface area contributed by atoms with E-state index in [2.05, 4.69) is 5.32 Å². The van der Waals surface area contributed by atoms with E-state index in [1.165, 1.54) is 6.07 Å². The summed E-state index contributed by atoms with van der Waals surface area (Å²) in [7, 11) is 1.84. The highest BCUT2D eigenvalue weighted by atomic mass is 16.6. The van der Waals surface area contributed by atoms with Crippen molar-refractivity contribution in [2.45, 2.75) is 38.3 Å². The lowest BCUT2D eigenvalue weighted by Crippen LogP contribution is -2.09. The molecule has 6 heteroatoms. The molecule has 116 valence electrons. The standard InChI is InChI=1S/C15H22N2O4/c1-16-11-12-6-7-14(17(18)19)15(10-12)21-9-3-5-13-4-2-8-20-13/h6-7,10,13,16H,2-5,8-9,11H2,1H3. The predicted molar refractivity (Wildman–Crippen MR) is 79.6 cm³/mol. The van der Waals surface area contributed by atoms with E-state index in [0.29, 0.717) is 25.0 Å². The summed E-state index contributed by atoms with van der Waals surface area (Å²) in [4.78, 5) is 10.6. The molecule has 0 aliphatic carbocycles. The maximum Gasteiger partial charge on any atom is 0.310 e. The van der Waals surface area contributed by atoms with Crippen molar-refractivity contribution >= 4 is 5.69 Å². The summed E-state index contributed by atoms with van der Waals surface area (Å²) in [6.07, 6.45) is 4.36. The zero-order chi connectivity index (χ0) is 15.1. The van der Waals surface area contributed by atoms with Gasteiger partial charge in [-0.15, -0.1) is 0 Å². The van der Waals surface area contributed by atoms with Crippen molar-refractivity contribution in [1.29, 1.82) is 0 Å². The lowest BCUT2D eigenvalue weighted by Gasteiger charge is -2.11. The van der Waals surface area contributed by atoms with Gasteiger partial charge in [0.05, 0.1) is 17.6 Å². The normalized spacial score (nSPS) is 17.9. The molecule has 0 radical (unpaired) electrons. The van der Waals surface area contributed by atoms with Crippen molar-refractivity contribution in [2.75, 3.05) is 20.3 Å². The van der Waals surface area contributed by atoms with Crippen LogP contribution in [0.2, 0.25) is 0 Å². The van der Waals surface area contributed by atoms with Gasteiger partial charge < -0.3 is 14.8 Å². The Morgan fingerprint density at radius 3 is 3.05 bits per heavy atom. The molecule has 0 spiro atoms. The number of ether oxygens (including phenoxy) is 2. The molecule has 6 nitrogen and oxygen atoms in total. The fraction of sp³-hybridized carbons (Fsp3) is 0.600. The van der Waals surface area contributed by atoms with Gasteiger partial charge in [-0.05, 0) is 44.4 Å². The highest BCUT2D eigenvalue weighted by Gasteiger charge is 2.17. The van der Waals surface area contributed by atoms with Gasteiger partial charge in [-0.3, -0.25) is 10.1 Å². The number of nitrogens with one attached hydrogen (secondary N) is 1. The Labute approximate surface area is 124 Å². The first kappa shape index (κ1) is 15.7. The van der Waals surface area contributed by atoms with Crippen LogP contribution in [0.4, 0.5) is 5.69 Å². The topological polar surface area (TPSA) is 73.6 Å². The summed E-state index contributed by atoms with van der Waals surface area (Å²) in [5, 5.41) is 14.0. The molecule has 0 saturated carbocycles. The monoisotopic (exact) mass is 294 g/mol. The van der Waals surface area contributed by atoms with Crippen LogP contribution in [0, 0.1) is 10.1 Å². The van der Waals surface area contributed by atoms with Gasteiger partial charge in [0.25, 0.3) is 0 Å². The molecular weight excluding hydrogens is 272 g/mol. The fourth-order valence-electron chi connectivity index (χ4n) is 2.50. The van der Waals surface area contributed by atoms with Crippen LogP contribution in [-0.4, -0.2) is 31.3 Å². The first-order valence-electron chi connectivity index (χ1n) is 7.37. The van der Waals surface area contributed by atoms with E-state index in [4.69, 9.17) is 9.47 Å². The average Bonchev–Trinajstić information content (AvgIpc) is 2.97. The van der Waals surface area contributed by atoms with Crippen molar-refractivity contribution < 1.29 is 14.4 Å². The maximum atomic E-state index is 11.0. The molecule has 1 atom stereocenters. The molecule has 2 rings (SSSR count). The summed E-state index contributed by atoms with van der Waals surface area (Å²) in [6.45, 7) is 1.98. The Bertz CT molecular complexity index is 473. The zero-order valence-electron chi connectivity index (χ0n) is 12.3. The highest BCUT2D eigenvalue weighted by Crippen LogP contribution is 2.28. The van der Waals surface area contributed by atoms with E-state index in [1.54, 1.807) is 12.1 Å². The first-order chi connectivity index (χ1) is 10.2. The summed E-state index contributed by atoms with van der Waals surface area (Å²) in [5.41, 5.74) is 0.990. The van der Waals surface area contributed by atoms with Gasteiger partial charge in [-0.1, -0.05) is 6.07 Å². The van der Waals surface area contributed by atoms with Gasteiger partial charge in [-0.2, -0.15) is 0 Å². The van der Waals surface area contributed by atoms with E-state index >= 15 is 0 Å². The summed E-state index contributed by atoms with van der Waals surface area (Å²) in [6, 6.07) is 4.98. The van der Waals surface area contributed by atoms with Crippen molar-refractivity contribution in [3.8, 4) is 5.75 Å². The second kappa shape index (κ2) is 7.95. The Kier molecular flexibility index (Phi) is 5.95. The van der Waals surface area contributed by atoms with Crippen LogP contribution in [0.3, 0.4) is 0 Å². The molecule has 1 unspecified atom stereocenters. The van der Waals surface area contributed by atoms with Crippen LogP contribution in [0.5, 0.6) is 5.75 Å². The van der Waals surface area contributed by atoms with Crippen LogP contribution < -0.4 is 10.1 Å². The third-order valence-corrected chi connectivity index (χ3v) is 3.55. The van der Waals surface area contributed by atoms with E-state index in [9.17, 15) is 10.1 Å². The summed E-state index contributed by atoms with van der Waals surface area (Å²) in [5.74, 6) is 0.347. The highest BCUT2D eigenvalue weighted by molar-refractivity contribution is 5.48. The molecule has 0 aromatic heterocycles. The van der Waals surface area contributed by atoms with Crippen LogP contribution in [-0.2, 0) is 11.3 Å². The predicted octanol–water partition coefficient (Wildman–Crippen LogP) is 2.65. The smallest absolute Gasteiger partial charge is 0.310 e. The molecule has 21 heavy (non-hydrogen) atoms. The lowest BCUT2D eigenvalue weighted by molar-refractivity contribution is -0.385. The van der Waals surface area contributed by atoms with Crippen molar-refractivity contribution in [3.63, 3.8) is 0 Å². The number of nitro benzene ring substituents is 1. The van der Waals surface area contributed by atoms with Gasteiger partial charge in [-0.25, -0.2) is 0 Å². The van der Waals surface area contributed by atoms with Crippen LogP contribution in [0.1, 0.15) is 31.2 Å². The van der Waals surface area contributed by atoms with Gasteiger partial charge in [0.1, 0.15) is 0 Å².